The van der Waals surface area contributed by atoms with Gasteiger partial charge < -0.3 is 5.11 Å². The number of aromatic nitrogens is 1. The highest BCUT2D eigenvalue weighted by Crippen LogP contribution is 2.31. The highest BCUT2D eigenvalue weighted by Gasteiger charge is 2.30. The Labute approximate surface area is 97.1 Å². The highest BCUT2D eigenvalue weighted by molar-refractivity contribution is 7.91. The smallest absolute Gasteiger partial charge is 0.308 e. The van der Waals surface area contributed by atoms with Crippen molar-refractivity contribution in [2.45, 2.75) is 18.8 Å². The van der Waals surface area contributed by atoms with Crippen LogP contribution < -0.4 is 0 Å². The van der Waals surface area contributed by atoms with Gasteiger partial charge in [-0.15, -0.1) is 11.3 Å². The van der Waals surface area contributed by atoms with Gasteiger partial charge in [-0.3, -0.25) is 4.79 Å². The third-order valence-corrected chi connectivity index (χ3v) is 5.41. The van der Waals surface area contributed by atoms with E-state index < -0.39 is 15.8 Å². The summed E-state index contributed by atoms with van der Waals surface area (Å²) in [5.41, 5.74) is 0. The number of hydrogen-bond acceptors (Lipinski definition) is 5. The van der Waals surface area contributed by atoms with Crippen molar-refractivity contribution in [2.24, 2.45) is 0 Å². The molecule has 1 aliphatic rings. The summed E-state index contributed by atoms with van der Waals surface area (Å²) >= 11 is 1.30. The topological polar surface area (TPSA) is 84.3 Å². The summed E-state index contributed by atoms with van der Waals surface area (Å²) in [5.74, 6) is -0.579. The second kappa shape index (κ2) is 4.14. The maximum Gasteiger partial charge on any atom is 0.308 e. The van der Waals surface area contributed by atoms with Gasteiger partial charge in [0.15, 0.2) is 9.84 Å². The van der Waals surface area contributed by atoms with Crippen LogP contribution in [-0.2, 0) is 21.1 Å². The zero-order chi connectivity index (χ0) is 11.8. The molecule has 1 aromatic rings. The predicted octanol–water partition coefficient (Wildman–Crippen LogP) is 0.672. The Morgan fingerprint density at radius 1 is 1.62 bits per heavy atom. The maximum absolute atomic E-state index is 11.3. The third-order valence-electron chi connectivity index (χ3n) is 2.48. The van der Waals surface area contributed by atoms with E-state index >= 15 is 0 Å². The molecular formula is C9H11NO4S2. The van der Waals surface area contributed by atoms with E-state index in [0.717, 1.165) is 5.01 Å². The molecule has 88 valence electrons. The molecule has 1 saturated heterocycles. The molecule has 2 heterocycles. The minimum absolute atomic E-state index is 0.0439. The lowest BCUT2D eigenvalue weighted by Gasteiger charge is -2.00. The number of sulfone groups is 1. The fourth-order valence-corrected chi connectivity index (χ4v) is 4.63. The quantitative estimate of drug-likeness (QED) is 0.864. The standard InChI is InChI=1S/C9H11NO4S2/c11-8(12)3-7-4-10-9(15-7)6-1-2-16(13,14)5-6/h4,6H,1-3,5H2,(H,11,12). The minimum atomic E-state index is -2.91. The van der Waals surface area contributed by atoms with E-state index in [1.807, 2.05) is 0 Å². The lowest BCUT2D eigenvalue weighted by atomic mass is 10.1. The molecule has 5 nitrogen and oxygen atoms in total. The van der Waals surface area contributed by atoms with Gasteiger partial charge in [-0.2, -0.15) is 0 Å². The van der Waals surface area contributed by atoms with Crippen LogP contribution in [0.3, 0.4) is 0 Å². The van der Waals surface area contributed by atoms with Gasteiger partial charge in [0.2, 0.25) is 0 Å². The van der Waals surface area contributed by atoms with Gasteiger partial charge in [-0.25, -0.2) is 13.4 Å². The largest absolute Gasteiger partial charge is 0.481 e. The zero-order valence-electron chi connectivity index (χ0n) is 8.42. The third kappa shape index (κ3) is 2.59. The molecule has 0 spiro atoms. The summed E-state index contributed by atoms with van der Waals surface area (Å²) in [6.45, 7) is 0. The summed E-state index contributed by atoms with van der Waals surface area (Å²) in [6, 6.07) is 0. The molecule has 2 rings (SSSR count). The molecule has 0 bridgehead atoms. The molecule has 7 heteroatoms. The van der Waals surface area contributed by atoms with Crippen molar-refractivity contribution in [3.8, 4) is 0 Å². The van der Waals surface area contributed by atoms with Gasteiger partial charge in [-0.05, 0) is 6.42 Å². The molecule has 1 N–H and O–H groups in total. The van der Waals surface area contributed by atoms with Gasteiger partial charge in [0.1, 0.15) is 0 Å². The lowest BCUT2D eigenvalue weighted by molar-refractivity contribution is -0.136. The van der Waals surface area contributed by atoms with Crippen LogP contribution in [-0.4, -0.2) is 36.0 Å². The Kier molecular flexibility index (Phi) is 2.98. The maximum atomic E-state index is 11.3. The number of hydrogen-bond donors (Lipinski definition) is 1. The number of thiazole rings is 1. The first-order valence-electron chi connectivity index (χ1n) is 4.83. The Hall–Kier alpha value is -0.950. The first-order chi connectivity index (χ1) is 7.46. The van der Waals surface area contributed by atoms with E-state index in [1.54, 1.807) is 0 Å². The predicted molar refractivity (Wildman–Crippen MR) is 59.5 cm³/mol. The first-order valence-corrected chi connectivity index (χ1v) is 7.47. The number of nitrogens with zero attached hydrogens (tertiary/aromatic N) is 1. The number of carboxylic acid groups (broad SMARTS) is 1. The van der Waals surface area contributed by atoms with E-state index in [0.29, 0.717) is 11.3 Å². The van der Waals surface area contributed by atoms with Crippen LogP contribution in [0.2, 0.25) is 0 Å². The van der Waals surface area contributed by atoms with Crippen molar-refractivity contribution in [1.29, 1.82) is 0 Å². The zero-order valence-corrected chi connectivity index (χ0v) is 10.1. The number of aliphatic carboxylic acids is 1. The lowest BCUT2D eigenvalue weighted by Crippen LogP contribution is -2.03. The minimum Gasteiger partial charge on any atom is -0.481 e. The average molecular weight is 261 g/mol. The normalized spacial score (nSPS) is 23.4. The molecule has 0 radical (unpaired) electrons. The summed E-state index contributed by atoms with van der Waals surface area (Å²) in [6.07, 6.45) is 2.08. The second-order valence-electron chi connectivity index (χ2n) is 3.84. The molecule has 1 atom stereocenters. The molecule has 0 aromatic carbocycles. The average Bonchev–Trinajstić information content (AvgIpc) is 2.71. The van der Waals surface area contributed by atoms with Crippen molar-refractivity contribution in [3.63, 3.8) is 0 Å². The van der Waals surface area contributed by atoms with E-state index in [2.05, 4.69) is 4.98 Å². The fraction of sp³-hybridized carbons (Fsp3) is 0.556. The van der Waals surface area contributed by atoms with Crippen molar-refractivity contribution >= 4 is 27.1 Å². The Bertz CT molecular complexity index is 505. The van der Waals surface area contributed by atoms with E-state index in [4.69, 9.17) is 5.11 Å². The second-order valence-corrected chi connectivity index (χ2v) is 7.21. The van der Waals surface area contributed by atoms with Gasteiger partial charge in [0, 0.05) is 17.0 Å². The Balaban J connectivity index is 2.11. The summed E-state index contributed by atoms with van der Waals surface area (Å²) in [7, 11) is -2.91. The molecule has 1 unspecified atom stereocenters. The van der Waals surface area contributed by atoms with Crippen LogP contribution in [0.1, 0.15) is 22.2 Å². The van der Waals surface area contributed by atoms with Crippen LogP contribution in [0.4, 0.5) is 0 Å². The van der Waals surface area contributed by atoms with E-state index in [9.17, 15) is 13.2 Å². The molecule has 0 amide bonds. The van der Waals surface area contributed by atoms with Gasteiger partial charge >= 0.3 is 5.97 Å². The molecule has 1 aromatic heterocycles. The van der Waals surface area contributed by atoms with Crippen LogP contribution >= 0.6 is 11.3 Å². The van der Waals surface area contributed by atoms with Crippen molar-refractivity contribution < 1.29 is 18.3 Å². The number of carbonyl (C=O) groups is 1. The summed E-state index contributed by atoms with van der Waals surface area (Å²) < 4.78 is 22.6. The SMILES string of the molecule is O=C(O)Cc1cnc(C2CCS(=O)(=O)C2)s1. The molecule has 0 saturated carbocycles. The summed E-state index contributed by atoms with van der Waals surface area (Å²) in [4.78, 5) is 15.3. The van der Waals surface area contributed by atoms with Crippen molar-refractivity contribution in [2.75, 3.05) is 11.5 Å². The first kappa shape index (κ1) is 11.5. The number of carboxylic acids is 1. The monoisotopic (exact) mass is 261 g/mol. The molecule has 1 fully saturated rings. The number of rotatable bonds is 3. The molecule has 1 aliphatic heterocycles. The van der Waals surface area contributed by atoms with Gasteiger partial charge in [0.05, 0.1) is 22.9 Å². The van der Waals surface area contributed by atoms with E-state index in [1.165, 1.54) is 17.5 Å². The Morgan fingerprint density at radius 3 is 2.94 bits per heavy atom. The van der Waals surface area contributed by atoms with Gasteiger partial charge in [-0.1, -0.05) is 0 Å². The molecule has 0 aliphatic carbocycles. The van der Waals surface area contributed by atoms with Crippen LogP contribution in [0.25, 0.3) is 0 Å². The van der Waals surface area contributed by atoms with Crippen molar-refractivity contribution in [1.82, 2.24) is 4.98 Å². The molecule has 16 heavy (non-hydrogen) atoms. The van der Waals surface area contributed by atoms with Crippen LogP contribution in [0, 0.1) is 0 Å². The summed E-state index contributed by atoms with van der Waals surface area (Å²) in [5, 5.41) is 9.36. The van der Waals surface area contributed by atoms with Crippen molar-refractivity contribution in [3.05, 3.63) is 16.1 Å². The fourth-order valence-electron chi connectivity index (χ4n) is 1.73. The van der Waals surface area contributed by atoms with Gasteiger partial charge in [0.25, 0.3) is 0 Å². The molecular weight excluding hydrogens is 250 g/mol. The van der Waals surface area contributed by atoms with Crippen LogP contribution in [0.5, 0.6) is 0 Å². The van der Waals surface area contributed by atoms with Crippen LogP contribution in [0.15, 0.2) is 6.20 Å². The Morgan fingerprint density at radius 2 is 2.38 bits per heavy atom. The highest BCUT2D eigenvalue weighted by atomic mass is 32.2. The van der Waals surface area contributed by atoms with E-state index in [-0.39, 0.29) is 23.8 Å².